The van der Waals surface area contributed by atoms with Crippen molar-refractivity contribution in [3.63, 3.8) is 0 Å². The smallest absolute Gasteiger partial charge is 0.283 e. The van der Waals surface area contributed by atoms with Crippen molar-refractivity contribution in [2.75, 3.05) is 5.32 Å². The van der Waals surface area contributed by atoms with Crippen LogP contribution in [-0.4, -0.2) is 20.6 Å². The molecule has 1 aromatic heterocycles. The van der Waals surface area contributed by atoms with Crippen molar-refractivity contribution in [3.8, 4) is 0 Å². The van der Waals surface area contributed by atoms with Crippen molar-refractivity contribution in [2.45, 2.75) is 19.9 Å². The predicted molar refractivity (Wildman–Crippen MR) is 94.1 cm³/mol. The highest BCUT2D eigenvalue weighted by atomic mass is 79.9. The van der Waals surface area contributed by atoms with E-state index in [0.29, 0.717) is 0 Å². The third-order valence-electron chi connectivity index (χ3n) is 3.16. The Morgan fingerprint density at radius 3 is 2.44 bits per heavy atom. The van der Waals surface area contributed by atoms with Crippen LogP contribution in [0.25, 0.3) is 0 Å². The maximum absolute atomic E-state index is 12.8. The van der Waals surface area contributed by atoms with Gasteiger partial charge in [-0.1, -0.05) is 11.6 Å². The number of nitro benzene ring substituents is 1. The van der Waals surface area contributed by atoms with Gasteiger partial charge in [0, 0.05) is 21.1 Å². The minimum atomic E-state index is -2.85. The first-order valence-electron chi connectivity index (χ1n) is 6.56. The van der Waals surface area contributed by atoms with E-state index in [9.17, 15) is 23.7 Å². The number of benzene rings is 1. The largest absolute Gasteiger partial charge is 0.323 e. The number of anilines is 1. The van der Waals surface area contributed by atoms with Gasteiger partial charge in [0.05, 0.1) is 21.3 Å². The van der Waals surface area contributed by atoms with Gasteiger partial charge in [0.1, 0.15) is 12.2 Å². The number of nitrogens with one attached hydrogen (secondary N) is 1. The maximum Gasteiger partial charge on any atom is 0.283 e. The summed E-state index contributed by atoms with van der Waals surface area (Å²) < 4.78 is 27.2. The minimum absolute atomic E-state index is 0.173. The van der Waals surface area contributed by atoms with E-state index in [1.54, 1.807) is 0 Å². The molecular formula is C13H9Br2ClF2N4O3. The zero-order valence-corrected chi connectivity index (χ0v) is 16.3. The number of hydrogen-bond donors (Lipinski definition) is 1. The van der Waals surface area contributed by atoms with Crippen LogP contribution in [0.1, 0.15) is 17.8 Å². The highest BCUT2D eigenvalue weighted by molar-refractivity contribution is 9.11. The van der Waals surface area contributed by atoms with E-state index < -0.39 is 22.9 Å². The van der Waals surface area contributed by atoms with Gasteiger partial charge < -0.3 is 5.32 Å². The van der Waals surface area contributed by atoms with Gasteiger partial charge in [-0.25, -0.2) is 8.78 Å². The van der Waals surface area contributed by atoms with E-state index >= 15 is 0 Å². The summed E-state index contributed by atoms with van der Waals surface area (Å²) in [4.78, 5) is 22.4. The quantitative estimate of drug-likeness (QED) is 0.467. The van der Waals surface area contributed by atoms with Gasteiger partial charge in [-0.05, 0) is 38.8 Å². The van der Waals surface area contributed by atoms with Crippen LogP contribution in [0.4, 0.5) is 20.2 Å². The lowest BCUT2D eigenvalue weighted by molar-refractivity contribution is -0.385. The molecular weight excluding hydrogens is 493 g/mol. The van der Waals surface area contributed by atoms with Crippen molar-refractivity contribution in [3.05, 3.63) is 47.6 Å². The molecule has 0 saturated heterocycles. The molecule has 1 amide bonds. The number of rotatable bonds is 5. The molecule has 0 atom stereocenters. The number of amides is 1. The fourth-order valence-corrected chi connectivity index (χ4v) is 3.52. The topological polar surface area (TPSA) is 90.1 Å². The summed E-state index contributed by atoms with van der Waals surface area (Å²) in [5.41, 5.74) is -0.271. The third-order valence-corrected chi connectivity index (χ3v) is 4.88. The van der Waals surface area contributed by atoms with E-state index in [-0.39, 0.29) is 37.6 Å². The Balaban J connectivity index is 2.22. The third kappa shape index (κ3) is 4.33. The van der Waals surface area contributed by atoms with Crippen molar-refractivity contribution < 1.29 is 18.5 Å². The zero-order chi connectivity index (χ0) is 18.9. The first kappa shape index (κ1) is 19.7. The summed E-state index contributed by atoms with van der Waals surface area (Å²) in [6, 6.07) is 2.45. The number of nitro groups is 1. The number of hydrogen-bond acceptors (Lipinski definition) is 4. The Bertz CT molecular complexity index is 837. The molecule has 134 valence electrons. The molecule has 0 saturated carbocycles. The van der Waals surface area contributed by atoms with Crippen LogP contribution in [0.15, 0.2) is 21.1 Å². The summed E-state index contributed by atoms with van der Waals surface area (Å²) in [6.45, 7) is 1.11. The second kappa shape index (κ2) is 7.75. The molecule has 0 aliphatic heterocycles. The molecule has 0 fully saturated rings. The van der Waals surface area contributed by atoms with Crippen LogP contribution in [0, 0.1) is 17.0 Å². The second-order valence-electron chi connectivity index (χ2n) is 4.83. The van der Waals surface area contributed by atoms with E-state index in [1.807, 2.05) is 0 Å². The fourth-order valence-electron chi connectivity index (χ4n) is 1.94. The normalized spacial score (nSPS) is 11.0. The minimum Gasteiger partial charge on any atom is -0.323 e. The summed E-state index contributed by atoms with van der Waals surface area (Å²) in [5.74, 6) is -0.571. The van der Waals surface area contributed by atoms with Crippen LogP contribution in [-0.2, 0) is 11.3 Å². The molecule has 0 radical (unpaired) electrons. The molecule has 1 N–H and O–H groups in total. The van der Waals surface area contributed by atoms with Crippen LogP contribution in [0.2, 0.25) is 5.02 Å². The lowest BCUT2D eigenvalue weighted by atomic mass is 10.3. The molecule has 0 spiro atoms. The van der Waals surface area contributed by atoms with E-state index in [0.717, 1.165) is 4.68 Å². The molecule has 12 heteroatoms. The molecule has 0 aliphatic carbocycles. The molecule has 1 aromatic carbocycles. The SMILES string of the molecule is Cc1c(Cl)c(C(F)F)nn1CC(=O)Nc1c(Br)cc([N+](=O)[O-])cc1Br. The van der Waals surface area contributed by atoms with E-state index in [1.165, 1.54) is 19.1 Å². The van der Waals surface area contributed by atoms with Crippen molar-refractivity contribution >= 4 is 60.7 Å². The van der Waals surface area contributed by atoms with Crippen LogP contribution in [0.3, 0.4) is 0 Å². The summed E-state index contributed by atoms with van der Waals surface area (Å²) in [6.07, 6.45) is -2.85. The van der Waals surface area contributed by atoms with Crippen LogP contribution in [0.5, 0.6) is 0 Å². The molecule has 0 bridgehead atoms. The number of halogens is 5. The van der Waals surface area contributed by atoms with Crippen LogP contribution < -0.4 is 5.32 Å². The second-order valence-corrected chi connectivity index (χ2v) is 6.92. The molecule has 0 unspecified atom stereocenters. The highest BCUT2D eigenvalue weighted by Crippen LogP contribution is 2.35. The molecule has 0 aliphatic rings. The Hall–Kier alpha value is -1.59. The first-order valence-corrected chi connectivity index (χ1v) is 8.52. The number of carbonyl (C=O) groups excluding carboxylic acids is 1. The number of nitrogens with zero attached hydrogens (tertiary/aromatic N) is 3. The van der Waals surface area contributed by atoms with Gasteiger partial charge in [0.2, 0.25) is 5.91 Å². The Kier molecular flexibility index (Phi) is 6.12. The van der Waals surface area contributed by atoms with Gasteiger partial charge in [0.25, 0.3) is 12.1 Å². The van der Waals surface area contributed by atoms with Gasteiger partial charge >= 0.3 is 0 Å². The van der Waals surface area contributed by atoms with Crippen molar-refractivity contribution in [1.82, 2.24) is 9.78 Å². The Morgan fingerprint density at radius 2 is 2.00 bits per heavy atom. The monoisotopic (exact) mass is 500 g/mol. The van der Waals surface area contributed by atoms with Gasteiger partial charge in [-0.2, -0.15) is 5.10 Å². The molecule has 25 heavy (non-hydrogen) atoms. The van der Waals surface area contributed by atoms with Crippen LogP contribution >= 0.6 is 43.5 Å². The van der Waals surface area contributed by atoms with Crippen molar-refractivity contribution in [1.29, 1.82) is 0 Å². The zero-order valence-electron chi connectivity index (χ0n) is 12.4. The van der Waals surface area contributed by atoms with Crippen molar-refractivity contribution in [2.24, 2.45) is 0 Å². The fraction of sp³-hybridized carbons (Fsp3) is 0.231. The first-order chi connectivity index (χ1) is 11.6. The Morgan fingerprint density at radius 1 is 1.44 bits per heavy atom. The highest BCUT2D eigenvalue weighted by Gasteiger charge is 2.22. The maximum atomic E-state index is 12.8. The number of aromatic nitrogens is 2. The van der Waals surface area contributed by atoms with Gasteiger partial charge in [-0.3, -0.25) is 19.6 Å². The number of non-ortho nitro benzene ring substituents is 1. The van der Waals surface area contributed by atoms with Gasteiger partial charge in [-0.15, -0.1) is 0 Å². The van der Waals surface area contributed by atoms with E-state index in [2.05, 4.69) is 42.3 Å². The predicted octanol–water partition coefficient (Wildman–Crippen LogP) is 4.85. The molecule has 1 heterocycles. The lowest BCUT2D eigenvalue weighted by Crippen LogP contribution is -2.21. The molecule has 2 rings (SSSR count). The summed E-state index contributed by atoms with van der Waals surface area (Å²) in [7, 11) is 0. The van der Waals surface area contributed by atoms with Gasteiger partial charge in [0.15, 0.2) is 0 Å². The number of alkyl halides is 2. The average Bonchev–Trinajstić information content (AvgIpc) is 2.79. The Labute approximate surface area is 161 Å². The molecule has 2 aromatic rings. The lowest BCUT2D eigenvalue weighted by Gasteiger charge is -2.10. The van der Waals surface area contributed by atoms with E-state index in [4.69, 9.17) is 11.6 Å². The summed E-state index contributed by atoms with van der Waals surface area (Å²) in [5, 5.41) is 16.8. The summed E-state index contributed by atoms with van der Waals surface area (Å²) >= 11 is 12.1. The number of carbonyl (C=O) groups is 1. The standard InChI is InChI=1S/C13H9Br2ClF2N4O3/c1-5-10(16)12(13(17)18)20-21(5)4-9(23)19-11-7(14)2-6(22(24)25)3-8(11)15/h2-3,13H,4H2,1H3,(H,19,23). The molecule has 7 nitrogen and oxygen atoms in total. The average molecular weight is 502 g/mol.